The molecule has 4 heteroatoms. The van der Waals surface area contributed by atoms with E-state index in [1.807, 2.05) is 0 Å². The van der Waals surface area contributed by atoms with Gasteiger partial charge in [0.2, 0.25) is 0 Å². The van der Waals surface area contributed by atoms with Gasteiger partial charge < -0.3 is 14.7 Å². The Morgan fingerprint density at radius 1 is 0.289 bits per heavy atom. The highest BCUT2D eigenvalue weighted by Gasteiger charge is 2.49. The Kier molecular flexibility index (Phi) is 12.6. The Morgan fingerprint density at radius 3 is 0.867 bits per heavy atom. The Bertz CT molecular complexity index is 3650. The molecule has 0 amide bonds. The third kappa shape index (κ3) is 9.53. The molecule has 9 aromatic rings. The van der Waals surface area contributed by atoms with Gasteiger partial charge in [0.1, 0.15) is 0 Å². The van der Waals surface area contributed by atoms with Crippen molar-refractivity contribution in [3.05, 3.63) is 216 Å². The number of fused-ring (bicyclic) bond motifs is 4. The van der Waals surface area contributed by atoms with Crippen molar-refractivity contribution in [2.24, 2.45) is 11.8 Å². The quantitative estimate of drug-likeness (QED) is 0.147. The Morgan fingerprint density at radius 2 is 0.566 bits per heavy atom. The number of hydrogen-bond acceptors (Lipinski definition) is 3. The number of anilines is 7. The summed E-state index contributed by atoms with van der Waals surface area (Å²) in [7, 11) is 0. The second kappa shape index (κ2) is 19.5. The summed E-state index contributed by atoms with van der Waals surface area (Å²) >= 11 is 0. The number of hydrogen-bond donors (Lipinski definition) is 0. The molecule has 4 bridgehead atoms. The number of rotatable bonds is 7. The molecule has 6 aliphatic rings. The second-order valence-corrected chi connectivity index (χ2v) is 29.6. The number of nitrogens with zero attached hydrogens (tertiary/aromatic N) is 3. The van der Waals surface area contributed by atoms with Gasteiger partial charge >= 0.3 is 0 Å². The van der Waals surface area contributed by atoms with Gasteiger partial charge in [0.05, 0.1) is 0 Å². The zero-order valence-electron chi connectivity index (χ0n) is 51.2. The first kappa shape index (κ1) is 53.5. The third-order valence-corrected chi connectivity index (χ3v) is 19.8. The van der Waals surface area contributed by atoms with Crippen LogP contribution in [-0.4, -0.2) is 18.8 Å². The zero-order valence-corrected chi connectivity index (χ0v) is 51.2. The van der Waals surface area contributed by atoms with E-state index in [9.17, 15) is 0 Å². The maximum Gasteiger partial charge on any atom is 0.252 e. The van der Waals surface area contributed by atoms with Gasteiger partial charge in [0.15, 0.2) is 0 Å². The summed E-state index contributed by atoms with van der Waals surface area (Å²) in [5, 5.41) is 0. The summed E-state index contributed by atoms with van der Waals surface area (Å²) in [4.78, 5) is 8.21. The molecule has 4 fully saturated rings. The van der Waals surface area contributed by atoms with Crippen LogP contribution in [0.15, 0.2) is 194 Å². The van der Waals surface area contributed by atoms with Crippen LogP contribution in [0.5, 0.6) is 0 Å². The summed E-state index contributed by atoms with van der Waals surface area (Å²) in [5.74, 6) is 1.70. The number of benzene rings is 9. The van der Waals surface area contributed by atoms with Crippen molar-refractivity contribution in [3.63, 3.8) is 0 Å². The van der Waals surface area contributed by atoms with Crippen LogP contribution in [0.3, 0.4) is 0 Å². The van der Waals surface area contributed by atoms with Crippen molar-refractivity contribution in [1.82, 2.24) is 0 Å². The highest BCUT2D eigenvalue weighted by atomic mass is 15.2. The van der Waals surface area contributed by atoms with Crippen molar-refractivity contribution in [3.8, 4) is 44.5 Å². The van der Waals surface area contributed by atoms with Crippen LogP contribution in [0.2, 0.25) is 0 Å². The van der Waals surface area contributed by atoms with E-state index in [0.29, 0.717) is 12.1 Å². The predicted octanol–water partition coefficient (Wildman–Crippen LogP) is 19.4. The molecular formula is C79H82BN3. The summed E-state index contributed by atoms with van der Waals surface area (Å²) in [6.07, 6.45) is 6.63. The summed E-state index contributed by atoms with van der Waals surface area (Å²) in [6.45, 7) is 27.6. The molecule has 2 aliphatic carbocycles. The van der Waals surface area contributed by atoms with Crippen LogP contribution in [0.4, 0.5) is 39.8 Å². The summed E-state index contributed by atoms with van der Waals surface area (Å²) in [6, 6.07) is 77.4. The van der Waals surface area contributed by atoms with Crippen LogP contribution in [0.1, 0.15) is 137 Å². The van der Waals surface area contributed by atoms with Crippen molar-refractivity contribution in [2.45, 2.75) is 149 Å². The van der Waals surface area contributed by atoms with Gasteiger partial charge in [0, 0.05) is 51.9 Å². The maximum absolute atomic E-state index is 2.92. The maximum atomic E-state index is 2.92. The largest absolute Gasteiger partial charge is 0.365 e. The zero-order chi connectivity index (χ0) is 57.5. The van der Waals surface area contributed by atoms with E-state index in [1.165, 1.54) is 155 Å². The molecule has 2 saturated carbocycles. The minimum atomic E-state index is -0.0520. The van der Waals surface area contributed by atoms with Gasteiger partial charge in [-0.2, -0.15) is 0 Å². The molecule has 15 rings (SSSR count). The highest BCUT2D eigenvalue weighted by molar-refractivity contribution is 7.00. The molecule has 0 atom stereocenters. The Balaban J connectivity index is 1.01. The van der Waals surface area contributed by atoms with E-state index in [4.69, 9.17) is 0 Å². The van der Waals surface area contributed by atoms with Crippen LogP contribution in [0, 0.1) is 11.8 Å². The average molecular weight is 1080 g/mol. The molecular weight excluding hydrogens is 1000 g/mol. The lowest BCUT2D eigenvalue weighted by atomic mass is 9.33. The average Bonchev–Trinajstić information content (AvgIpc) is 0.834. The normalized spacial score (nSPS) is 19.0. The van der Waals surface area contributed by atoms with E-state index >= 15 is 0 Å². The fourth-order valence-electron chi connectivity index (χ4n) is 15.3. The molecule has 83 heavy (non-hydrogen) atoms. The van der Waals surface area contributed by atoms with Gasteiger partial charge in [-0.05, 0) is 197 Å². The van der Waals surface area contributed by atoms with Crippen molar-refractivity contribution in [1.29, 1.82) is 0 Å². The number of piperidine rings is 2. The first-order valence-corrected chi connectivity index (χ1v) is 31.1. The van der Waals surface area contributed by atoms with Gasteiger partial charge in [-0.25, -0.2) is 0 Å². The van der Waals surface area contributed by atoms with E-state index in [-0.39, 0.29) is 28.4 Å². The lowest BCUT2D eigenvalue weighted by molar-refractivity contribution is 0.0900. The van der Waals surface area contributed by atoms with E-state index in [1.54, 1.807) is 0 Å². The second-order valence-electron chi connectivity index (χ2n) is 29.6. The highest BCUT2D eigenvalue weighted by Crippen LogP contribution is 2.54. The Labute approximate surface area is 496 Å². The Hall–Kier alpha value is -7.56. The van der Waals surface area contributed by atoms with Crippen molar-refractivity contribution < 1.29 is 0 Å². The first-order valence-electron chi connectivity index (χ1n) is 31.1. The molecule has 0 N–H and O–H groups in total. The molecule has 9 aromatic carbocycles. The minimum absolute atomic E-state index is 0.0520. The first-order chi connectivity index (χ1) is 39.6. The van der Waals surface area contributed by atoms with Crippen LogP contribution < -0.4 is 31.1 Å². The van der Waals surface area contributed by atoms with Gasteiger partial charge in [0.25, 0.3) is 6.71 Å². The molecule has 0 radical (unpaired) electrons. The van der Waals surface area contributed by atoms with Gasteiger partial charge in [-0.3, -0.25) is 0 Å². The fraction of sp³-hybridized carbons (Fsp3) is 0.316. The minimum Gasteiger partial charge on any atom is -0.365 e. The summed E-state index contributed by atoms with van der Waals surface area (Å²) < 4.78 is 0. The third-order valence-electron chi connectivity index (χ3n) is 19.8. The van der Waals surface area contributed by atoms with Crippen LogP contribution in [0.25, 0.3) is 44.5 Å². The molecule has 0 unspecified atom stereocenters. The molecule has 0 spiro atoms. The lowest BCUT2D eigenvalue weighted by Crippen LogP contribution is -2.62. The molecule has 4 aliphatic heterocycles. The van der Waals surface area contributed by atoms with E-state index in [2.05, 4.69) is 292 Å². The van der Waals surface area contributed by atoms with Crippen molar-refractivity contribution >= 4 is 62.9 Å². The molecule has 2 saturated heterocycles. The topological polar surface area (TPSA) is 9.72 Å². The molecule has 416 valence electrons. The fourth-order valence-corrected chi connectivity index (χ4v) is 15.3. The molecule has 4 heterocycles. The summed E-state index contributed by atoms with van der Waals surface area (Å²) in [5.41, 5.74) is 28.4. The van der Waals surface area contributed by atoms with Crippen molar-refractivity contribution in [2.75, 3.05) is 14.7 Å². The smallest absolute Gasteiger partial charge is 0.252 e. The lowest BCUT2D eigenvalue weighted by Gasteiger charge is -2.58. The van der Waals surface area contributed by atoms with E-state index < -0.39 is 0 Å². The van der Waals surface area contributed by atoms with Gasteiger partial charge in [-0.1, -0.05) is 229 Å². The van der Waals surface area contributed by atoms with Crippen LogP contribution >= 0.6 is 0 Å². The predicted molar refractivity (Wildman–Crippen MR) is 357 cm³/mol. The van der Waals surface area contributed by atoms with Crippen LogP contribution in [-0.2, 0) is 21.7 Å². The SMILES string of the molecule is CC(C)(C)c1ccc(-c2ccc(N3c4ccc(-c5ccc(C(C)(C)C)cc5)cc4B4c5cc(-c6ccc(C(C)(C)C)cc6)ccc5N(c5ccc(-c6ccc(C(C)(C)C)cc6)cc5)c5cc(N6C7CC8CC(C7)CC6C8)cc3c54)cc2)cc1. The monoisotopic (exact) mass is 1080 g/mol. The standard InChI is InChI=1S/C79H82BN3/c1-76(2,3)60-27-13-52(14-28-60)54-21-35-64(36-22-54)82-71-39-25-58(56-17-31-62(32-18-56)78(7,8)9)46-69(71)80-70-47-59(57-19-33-63(34-20-57)79(10,11)12)26-40-72(70)83(65-37-23-55(24-38-65)53-15-29-61(30-16-53)77(4,5)6)74-49-68(48-73(82)75(74)80)81-66-42-50-41-51(44-66)45-67(81)43-50/h13-40,46-51,66-67H,41-45H2,1-12H3. The van der Waals surface area contributed by atoms with E-state index in [0.717, 1.165) is 11.8 Å². The molecule has 3 nitrogen and oxygen atoms in total. The van der Waals surface area contributed by atoms with Gasteiger partial charge in [-0.15, -0.1) is 0 Å². The molecule has 0 aromatic heterocycles.